The van der Waals surface area contributed by atoms with Crippen LogP contribution in [0, 0.1) is 53.3 Å². The zero-order valence-electron chi connectivity index (χ0n) is 33.7. The van der Waals surface area contributed by atoms with Gasteiger partial charge in [0.15, 0.2) is 6.61 Å². The van der Waals surface area contributed by atoms with Crippen molar-refractivity contribution in [2.45, 2.75) is 125 Å². The first-order valence-electron chi connectivity index (χ1n) is 20.9. The smallest absolute Gasteiger partial charge is 0.344 e. The van der Waals surface area contributed by atoms with E-state index in [0.717, 1.165) is 60.5 Å². The second kappa shape index (κ2) is 15.8. The van der Waals surface area contributed by atoms with Crippen molar-refractivity contribution >= 4 is 16.9 Å². The van der Waals surface area contributed by atoms with Gasteiger partial charge in [0.05, 0.1) is 12.0 Å². The molecule has 3 fully saturated rings. The molecule has 2 aromatic carbocycles. The number of fused-ring (bicyclic) bond motifs is 6. The Labute approximate surface area is 322 Å². The molecule has 7 heteroatoms. The van der Waals surface area contributed by atoms with Gasteiger partial charge < -0.3 is 23.4 Å². The largest absolute Gasteiger partial charge is 0.494 e. The SMILES string of the molecule is CCOc1ccc(Oc2c(C)oc3cc(OCC(=O)O[C@H]4CC[C@@]5(C)C(=CC[C@@H]6[C@H]7CC[C@@H]([C@H](C)CCCC(C)C)[C@]7(C)CC[C@H]65)C4)ccc3c2=O)cc1. The summed E-state index contributed by atoms with van der Waals surface area (Å²) in [5, 5.41) is 0.367. The molecule has 292 valence electrons. The first-order chi connectivity index (χ1) is 25.9. The van der Waals surface area contributed by atoms with Crippen LogP contribution in [-0.4, -0.2) is 25.3 Å². The summed E-state index contributed by atoms with van der Waals surface area (Å²) in [4.78, 5) is 26.4. The first-order valence-corrected chi connectivity index (χ1v) is 20.9. The van der Waals surface area contributed by atoms with Crippen molar-refractivity contribution in [2.75, 3.05) is 13.2 Å². The van der Waals surface area contributed by atoms with Crippen molar-refractivity contribution in [3.05, 3.63) is 70.1 Å². The van der Waals surface area contributed by atoms with Crippen LogP contribution < -0.4 is 19.6 Å². The van der Waals surface area contributed by atoms with Gasteiger partial charge in [-0.1, -0.05) is 65.5 Å². The van der Waals surface area contributed by atoms with Crippen molar-refractivity contribution in [3.63, 3.8) is 0 Å². The first kappa shape index (κ1) is 38.5. The van der Waals surface area contributed by atoms with Crippen LogP contribution in [0.4, 0.5) is 0 Å². The second-order valence-electron chi connectivity index (χ2n) is 17.9. The third-order valence-corrected chi connectivity index (χ3v) is 14.3. The number of rotatable bonds is 13. The van der Waals surface area contributed by atoms with Crippen LogP contribution in [0.5, 0.6) is 23.0 Å². The highest BCUT2D eigenvalue weighted by Crippen LogP contribution is 2.67. The number of carbonyl (C=O) groups excluding carboxylic acids is 1. The molecule has 0 spiro atoms. The highest BCUT2D eigenvalue weighted by molar-refractivity contribution is 5.80. The van der Waals surface area contributed by atoms with E-state index in [1.165, 1.54) is 56.9 Å². The van der Waals surface area contributed by atoms with Gasteiger partial charge in [0, 0.05) is 12.5 Å². The predicted octanol–water partition coefficient (Wildman–Crippen LogP) is 11.6. The monoisotopic (exact) mass is 738 g/mol. The molecule has 0 N–H and O–H groups in total. The Bertz CT molecular complexity index is 1890. The Morgan fingerprint density at radius 2 is 1.67 bits per heavy atom. The third kappa shape index (κ3) is 7.58. The Morgan fingerprint density at radius 1 is 0.907 bits per heavy atom. The number of aryl methyl sites for hydroxylation is 1. The fourth-order valence-electron chi connectivity index (χ4n) is 11.5. The highest BCUT2D eigenvalue weighted by Gasteiger charge is 2.59. The van der Waals surface area contributed by atoms with E-state index in [2.05, 4.69) is 40.7 Å². The van der Waals surface area contributed by atoms with E-state index in [4.69, 9.17) is 23.4 Å². The Kier molecular flexibility index (Phi) is 11.3. The molecule has 1 heterocycles. The molecule has 7 rings (SSSR count). The summed E-state index contributed by atoms with van der Waals surface area (Å²) in [7, 11) is 0. The van der Waals surface area contributed by atoms with E-state index < -0.39 is 0 Å². The summed E-state index contributed by atoms with van der Waals surface area (Å²) < 4.78 is 29.3. The van der Waals surface area contributed by atoms with E-state index in [1.807, 2.05) is 6.92 Å². The summed E-state index contributed by atoms with van der Waals surface area (Å²) in [6.45, 7) is 16.4. The minimum absolute atomic E-state index is 0.126. The van der Waals surface area contributed by atoms with Gasteiger partial charge in [-0.05, 0) is 142 Å². The number of hydrogen-bond acceptors (Lipinski definition) is 7. The second-order valence-corrected chi connectivity index (χ2v) is 17.9. The van der Waals surface area contributed by atoms with Gasteiger partial charge in [0.2, 0.25) is 11.2 Å². The molecule has 0 aliphatic heterocycles. The van der Waals surface area contributed by atoms with Crippen LogP contribution >= 0.6 is 0 Å². The molecule has 4 aliphatic rings. The topological polar surface area (TPSA) is 84.2 Å². The van der Waals surface area contributed by atoms with Gasteiger partial charge in [-0.3, -0.25) is 4.79 Å². The predicted molar refractivity (Wildman–Crippen MR) is 213 cm³/mol. The maximum absolute atomic E-state index is 13.3. The number of ether oxygens (including phenoxy) is 4. The number of allylic oxidation sites excluding steroid dienone is 1. The van der Waals surface area contributed by atoms with Crippen molar-refractivity contribution in [3.8, 4) is 23.0 Å². The standard InChI is InChI=1S/C47H62O7/c1-8-50-33-13-15-34(16-14-33)54-45-31(5)52-42-27-35(17-19-38(42)44(45)49)51-28-43(48)53-36-22-24-46(6)32(26-36)12-18-37-40-21-20-39(30(4)11-9-10-29(2)3)47(40,7)25-23-41(37)46/h12-17,19,27,29-30,36-37,39-41H,8-11,18,20-26,28H2,1-7H3/t30-,36+,37-,39+,40-,41-,46+,47+/m1/s1. The number of esters is 1. The molecule has 0 unspecified atom stereocenters. The Balaban J connectivity index is 0.936. The van der Waals surface area contributed by atoms with E-state index in [1.54, 1.807) is 49.4 Å². The molecule has 0 amide bonds. The third-order valence-electron chi connectivity index (χ3n) is 14.3. The summed E-state index contributed by atoms with van der Waals surface area (Å²) in [6.07, 6.45) is 16.0. The number of hydrogen-bond donors (Lipinski definition) is 0. The molecule has 1 aromatic heterocycles. The molecule has 3 aromatic rings. The lowest BCUT2D eigenvalue weighted by molar-refractivity contribution is -0.153. The van der Waals surface area contributed by atoms with Gasteiger partial charge in [-0.15, -0.1) is 0 Å². The summed E-state index contributed by atoms with van der Waals surface area (Å²) in [5.41, 5.74) is 2.29. The fourth-order valence-corrected chi connectivity index (χ4v) is 11.5. The molecule has 7 nitrogen and oxygen atoms in total. The fraction of sp³-hybridized carbons (Fsp3) is 0.617. The van der Waals surface area contributed by atoms with Crippen molar-refractivity contribution in [1.29, 1.82) is 0 Å². The molecular formula is C47H62O7. The van der Waals surface area contributed by atoms with Crippen molar-refractivity contribution in [1.82, 2.24) is 0 Å². The highest BCUT2D eigenvalue weighted by atomic mass is 16.6. The zero-order chi connectivity index (χ0) is 38.2. The normalized spacial score (nSPS) is 29.5. The minimum Gasteiger partial charge on any atom is -0.494 e. The number of benzene rings is 2. The van der Waals surface area contributed by atoms with Crippen LogP contribution in [0.1, 0.15) is 118 Å². The lowest BCUT2D eigenvalue weighted by Gasteiger charge is -2.58. The molecule has 3 saturated carbocycles. The number of carbonyl (C=O) groups is 1. The van der Waals surface area contributed by atoms with E-state index in [-0.39, 0.29) is 35.3 Å². The van der Waals surface area contributed by atoms with Crippen molar-refractivity contribution in [2.24, 2.45) is 46.3 Å². The summed E-state index contributed by atoms with van der Waals surface area (Å²) in [6, 6.07) is 12.1. The quantitative estimate of drug-likeness (QED) is 0.127. The van der Waals surface area contributed by atoms with Crippen molar-refractivity contribution < 1.29 is 28.2 Å². The molecule has 54 heavy (non-hydrogen) atoms. The zero-order valence-corrected chi connectivity index (χ0v) is 33.7. The molecule has 0 saturated heterocycles. The van der Waals surface area contributed by atoms with Gasteiger partial charge in [-0.2, -0.15) is 0 Å². The van der Waals surface area contributed by atoms with E-state index in [0.29, 0.717) is 40.3 Å². The average Bonchev–Trinajstić information content (AvgIpc) is 3.50. The lowest BCUT2D eigenvalue weighted by Crippen LogP contribution is -2.51. The molecular weight excluding hydrogens is 677 g/mol. The minimum atomic E-state index is -0.373. The van der Waals surface area contributed by atoms with E-state index >= 15 is 0 Å². The summed E-state index contributed by atoms with van der Waals surface area (Å²) >= 11 is 0. The van der Waals surface area contributed by atoms with Gasteiger partial charge >= 0.3 is 5.97 Å². The maximum Gasteiger partial charge on any atom is 0.344 e. The van der Waals surface area contributed by atoms with Crippen LogP contribution in [-0.2, 0) is 9.53 Å². The molecule has 0 bridgehead atoms. The van der Waals surface area contributed by atoms with Crippen LogP contribution in [0.25, 0.3) is 11.0 Å². The molecule has 0 radical (unpaired) electrons. The molecule has 4 aliphatic carbocycles. The van der Waals surface area contributed by atoms with Gasteiger partial charge in [0.25, 0.3) is 0 Å². The summed E-state index contributed by atoms with van der Waals surface area (Å²) in [5.74, 6) is 6.62. The average molecular weight is 739 g/mol. The van der Waals surface area contributed by atoms with E-state index in [9.17, 15) is 9.59 Å². The molecule has 8 atom stereocenters. The van der Waals surface area contributed by atoms with Crippen LogP contribution in [0.15, 0.2) is 63.3 Å². The Hall–Kier alpha value is -3.74. The Morgan fingerprint density at radius 3 is 2.43 bits per heavy atom. The maximum atomic E-state index is 13.3. The lowest BCUT2D eigenvalue weighted by atomic mass is 9.47. The van der Waals surface area contributed by atoms with Gasteiger partial charge in [0.1, 0.15) is 34.7 Å². The van der Waals surface area contributed by atoms with Crippen LogP contribution in [0.3, 0.4) is 0 Å². The van der Waals surface area contributed by atoms with Gasteiger partial charge in [-0.25, -0.2) is 4.79 Å². The van der Waals surface area contributed by atoms with Crippen LogP contribution in [0.2, 0.25) is 0 Å².